The Morgan fingerprint density at radius 1 is 1.21 bits per heavy atom. The molecule has 124 valence electrons. The van der Waals surface area contributed by atoms with Gasteiger partial charge in [-0.15, -0.1) is 0 Å². The summed E-state index contributed by atoms with van der Waals surface area (Å²) in [5.41, 5.74) is 0.726. The van der Waals surface area contributed by atoms with E-state index in [2.05, 4.69) is 10.6 Å². The monoisotopic (exact) mass is 343 g/mol. The van der Waals surface area contributed by atoms with Crippen molar-refractivity contribution in [2.45, 2.75) is 19.1 Å². The van der Waals surface area contributed by atoms with E-state index in [0.717, 1.165) is 5.56 Å². The van der Waals surface area contributed by atoms with Gasteiger partial charge in [0, 0.05) is 17.1 Å². The van der Waals surface area contributed by atoms with Gasteiger partial charge in [-0.1, -0.05) is 41.9 Å². The Kier molecular flexibility index (Phi) is 5.80. The van der Waals surface area contributed by atoms with Gasteiger partial charge in [0.15, 0.2) is 0 Å². The summed E-state index contributed by atoms with van der Waals surface area (Å²) < 4.78 is 0. The minimum Gasteiger partial charge on any atom is -0.384 e. The summed E-state index contributed by atoms with van der Waals surface area (Å²) in [5.74, 6) is 0. The summed E-state index contributed by atoms with van der Waals surface area (Å²) in [6.45, 7) is 1.94. The SMILES string of the molecule is C[C@@](O)(CNC(=O)NCc1ccc(C#N)cc1)c1ccccc1Cl. The van der Waals surface area contributed by atoms with Crippen molar-refractivity contribution in [1.82, 2.24) is 10.6 Å². The van der Waals surface area contributed by atoms with Crippen molar-refractivity contribution in [2.24, 2.45) is 0 Å². The van der Waals surface area contributed by atoms with Gasteiger partial charge in [0.25, 0.3) is 0 Å². The molecule has 0 aromatic heterocycles. The van der Waals surface area contributed by atoms with Gasteiger partial charge in [-0.2, -0.15) is 5.26 Å². The van der Waals surface area contributed by atoms with E-state index >= 15 is 0 Å². The number of amides is 2. The third-order valence-corrected chi connectivity index (χ3v) is 3.91. The lowest BCUT2D eigenvalue weighted by atomic mass is 9.96. The van der Waals surface area contributed by atoms with Crippen LogP contribution in [0.15, 0.2) is 48.5 Å². The van der Waals surface area contributed by atoms with Crippen molar-refractivity contribution in [3.63, 3.8) is 0 Å². The molecular formula is C18H18ClN3O2. The van der Waals surface area contributed by atoms with Crippen LogP contribution in [0.1, 0.15) is 23.6 Å². The van der Waals surface area contributed by atoms with Crippen molar-refractivity contribution >= 4 is 17.6 Å². The van der Waals surface area contributed by atoms with E-state index in [1.165, 1.54) is 0 Å². The Labute approximate surface area is 145 Å². The Bertz CT molecular complexity index is 752. The highest BCUT2D eigenvalue weighted by Crippen LogP contribution is 2.27. The number of hydrogen-bond donors (Lipinski definition) is 3. The molecule has 0 radical (unpaired) electrons. The maximum absolute atomic E-state index is 11.9. The topological polar surface area (TPSA) is 85.2 Å². The van der Waals surface area contributed by atoms with Crippen molar-refractivity contribution in [1.29, 1.82) is 5.26 Å². The lowest BCUT2D eigenvalue weighted by Gasteiger charge is -2.25. The molecule has 0 heterocycles. The third kappa shape index (κ3) is 4.72. The van der Waals surface area contributed by atoms with Crippen molar-refractivity contribution in [2.75, 3.05) is 6.54 Å². The highest BCUT2D eigenvalue weighted by atomic mass is 35.5. The van der Waals surface area contributed by atoms with Crippen molar-refractivity contribution in [3.05, 3.63) is 70.2 Å². The number of urea groups is 1. The Morgan fingerprint density at radius 2 is 1.88 bits per heavy atom. The van der Waals surface area contributed by atoms with Crippen LogP contribution in [0.4, 0.5) is 4.79 Å². The lowest BCUT2D eigenvalue weighted by molar-refractivity contribution is 0.0595. The number of carbonyl (C=O) groups is 1. The summed E-state index contributed by atoms with van der Waals surface area (Å²) >= 11 is 6.08. The van der Waals surface area contributed by atoms with Crippen LogP contribution in [0.5, 0.6) is 0 Å². The number of nitrogens with zero attached hydrogens (tertiary/aromatic N) is 1. The first kappa shape index (κ1) is 17.8. The molecule has 0 unspecified atom stereocenters. The largest absolute Gasteiger partial charge is 0.384 e. The fourth-order valence-corrected chi connectivity index (χ4v) is 2.53. The molecule has 0 fully saturated rings. The van der Waals surface area contributed by atoms with Crippen molar-refractivity contribution in [3.8, 4) is 6.07 Å². The molecule has 2 aromatic rings. The summed E-state index contributed by atoms with van der Waals surface area (Å²) in [6, 6.07) is 15.5. The first-order valence-electron chi connectivity index (χ1n) is 7.40. The quantitative estimate of drug-likeness (QED) is 0.780. The minimum absolute atomic E-state index is 0.0237. The highest BCUT2D eigenvalue weighted by molar-refractivity contribution is 6.31. The van der Waals surface area contributed by atoms with Crippen LogP contribution in [0.25, 0.3) is 0 Å². The molecule has 5 nitrogen and oxygen atoms in total. The van der Waals surface area contributed by atoms with Gasteiger partial charge in [0.1, 0.15) is 5.60 Å². The van der Waals surface area contributed by atoms with Crippen LogP contribution in [-0.4, -0.2) is 17.7 Å². The molecule has 0 bridgehead atoms. The van der Waals surface area contributed by atoms with Crippen LogP contribution in [0.2, 0.25) is 5.02 Å². The van der Waals surface area contributed by atoms with Gasteiger partial charge < -0.3 is 15.7 Å². The average molecular weight is 344 g/mol. The normalized spacial score (nSPS) is 12.8. The summed E-state index contributed by atoms with van der Waals surface area (Å²) in [4.78, 5) is 11.9. The van der Waals surface area contributed by atoms with E-state index in [0.29, 0.717) is 22.7 Å². The first-order chi connectivity index (χ1) is 11.4. The maximum atomic E-state index is 11.9. The summed E-state index contributed by atoms with van der Waals surface area (Å²) in [6.07, 6.45) is 0. The maximum Gasteiger partial charge on any atom is 0.315 e. The molecule has 1 atom stereocenters. The summed E-state index contributed by atoms with van der Waals surface area (Å²) in [7, 11) is 0. The van der Waals surface area contributed by atoms with E-state index < -0.39 is 11.6 Å². The van der Waals surface area contributed by atoms with E-state index in [1.54, 1.807) is 55.5 Å². The molecule has 2 rings (SSSR count). The molecule has 6 heteroatoms. The second kappa shape index (κ2) is 7.82. The molecule has 24 heavy (non-hydrogen) atoms. The van der Waals surface area contributed by atoms with E-state index in [1.807, 2.05) is 6.07 Å². The van der Waals surface area contributed by atoms with Gasteiger partial charge in [-0.25, -0.2) is 4.79 Å². The number of halogens is 1. The molecule has 0 saturated heterocycles. The molecule has 0 spiro atoms. The molecule has 0 aliphatic rings. The smallest absolute Gasteiger partial charge is 0.315 e. The predicted octanol–water partition coefficient (Wildman–Crippen LogP) is 2.92. The van der Waals surface area contributed by atoms with Gasteiger partial charge in [-0.05, 0) is 30.7 Å². The van der Waals surface area contributed by atoms with Crippen LogP contribution in [-0.2, 0) is 12.1 Å². The van der Waals surface area contributed by atoms with Gasteiger partial charge in [-0.3, -0.25) is 0 Å². The number of nitrogens with one attached hydrogen (secondary N) is 2. The predicted molar refractivity (Wildman–Crippen MR) is 92.4 cm³/mol. The molecule has 0 aliphatic carbocycles. The molecule has 3 N–H and O–H groups in total. The summed E-state index contributed by atoms with van der Waals surface area (Å²) in [5, 5.41) is 25.0. The highest BCUT2D eigenvalue weighted by Gasteiger charge is 2.26. The lowest BCUT2D eigenvalue weighted by Crippen LogP contribution is -2.43. The number of benzene rings is 2. The molecule has 2 amide bonds. The number of nitriles is 1. The Morgan fingerprint density at radius 3 is 2.50 bits per heavy atom. The molecular weight excluding hydrogens is 326 g/mol. The van der Waals surface area contributed by atoms with E-state index in [4.69, 9.17) is 16.9 Å². The zero-order valence-electron chi connectivity index (χ0n) is 13.2. The zero-order valence-corrected chi connectivity index (χ0v) is 14.0. The fourth-order valence-electron chi connectivity index (χ4n) is 2.19. The van der Waals surface area contributed by atoms with Gasteiger partial charge >= 0.3 is 6.03 Å². The number of aliphatic hydroxyl groups is 1. The van der Waals surface area contributed by atoms with Crippen LogP contribution < -0.4 is 10.6 Å². The first-order valence-corrected chi connectivity index (χ1v) is 7.78. The Balaban J connectivity index is 1.86. The van der Waals surface area contributed by atoms with Crippen molar-refractivity contribution < 1.29 is 9.90 Å². The van der Waals surface area contributed by atoms with E-state index in [-0.39, 0.29) is 6.54 Å². The number of hydrogen-bond acceptors (Lipinski definition) is 3. The van der Waals surface area contributed by atoms with Crippen LogP contribution in [0, 0.1) is 11.3 Å². The van der Waals surface area contributed by atoms with Gasteiger partial charge in [0.05, 0.1) is 18.2 Å². The van der Waals surface area contributed by atoms with Gasteiger partial charge in [0.2, 0.25) is 0 Å². The minimum atomic E-state index is -1.27. The van der Waals surface area contributed by atoms with E-state index in [9.17, 15) is 9.90 Å². The number of rotatable bonds is 5. The fraction of sp³-hybridized carbons (Fsp3) is 0.222. The molecule has 2 aromatic carbocycles. The second-order valence-corrected chi connectivity index (χ2v) is 6.01. The second-order valence-electron chi connectivity index (χ2n) is 5.60. The van der Waals surface area contributed by atoms with Crippen LogP contribution >= 0.6 is 11.6 Å². The number of carbonyl (C=O) groups excluding carboxylic acids is 1. The van der Waals surface area contributed by atoms with Crippen LogP contribution in [0.3, 0.4) is 0 Å². The Hall–Kier alpha value is -2.55. The standard InChI is InChI=1S/C18H18ClN3O2/c1-18(24,15-4-2-3-5-16(15)19)12-22-17(23)21-11-14-8-6-13(10-20)7-9-14/h2-9,24H,11-12H2,1H3,(H2,21,22,23)/t18-/m1/s1. The molecule has 0 saturated carbocycles. The third-order valence-electron chi connectivity index (χ3n) is 3.58. The molecule has 0 aliphatic heterocycles. The average Bonchev–Trinajstić information content (AvgIpc) is 2.59. The zero-order chi connectivity index (χ0) is 17.6.